The van der Waals surface area contributed by atoms with Crippen LogP contribution in [-0.2, 0) is 10.0 Å². The van der Waals surface area contributed by atoms with Gasteiger partial charge in [0.15, 0.2) is 0 Å². The average molecular weight is 328 g/mol. The molecule has 0 amide bonds. The van der Waals surface area contributed by atoms with Crippen LogP contribution in [0.1, 0.15) is 0 Å². The van der Waals surface area contributed by atoms with Gasteiger partial charge in [-0.1, -0.05) is 11.6 Å². The minimum Gasteiger partial charge on any atom is -0.397 e. The molecule has 0 saturated heterocycles. The number of halogens is 1. The van der Waals surface area contributed by atoms with Crippen LogP contribution < -0.4 is 10.5 Å². The Morgan fingerprint density at radius 1 is 1.14 bits per heavy atom. The van der Waals surface area contributed by atoms with E-state index in [1.54, 1.807) is 0 Å². The van der Waals surface area contributed by atoms with E-state index in [1.807, 2.05) is 0 Å². The van der Waals surface area contributed by atoms with Crippen molar-refractivity contribution in [2.24, 2.45) is 0 Å². The van der Waals surface area contributed by atoms with E-state index in [0.29, 0.717) is 5.02 Å². The summed E-state index contributed by atoms with van der Waals surface area (Å²) in [7, 11) is -3.91. The first-order valence-electron chi connectivity index (χ1n) is 5.62. The number of nitro groups is 1. The van der Waals surface area contributed by atoms with Gasteiger partial charge in [0.25, 0.3) is 15.7 Å². The fraction of sp³-hybridized carbons (Fsp3) is 0. The van der Waals surface area contributed by atoms with Gasteiger partial charge in [0, 0.05) is 17.2 Å². The smallest absolute Gasteiger partial charge is 0.271 e. The van der Waals surface area contributed by atoms with E-state index in [-0.39, 0.29) is 22.0 Å². The summed E-state index contributed by atoms with van der Waals surface area (Å²) in [4.78, 5) is 10.0. The summed E-state index contributed by atoms with van der Waals surface area (Å²) in [5.74, 6) is 0. The molecule has 9 heteroatoms. The molecular formula is C12H10ClN3O4S. The maximum absolute atomic E-state index is 12.2. The Labute approximate surface area is 125 Å². The van der Waals surface area contributed by atoms with Crippen molar-refractivity contribution in [3.8, 4) is 0 Å². The number of sulfonamides is 1. The normalized spacial score (nSPS) is 11.1. The number of hydrogen-bond acceptors (Lipinski definition) is 5. The molecule has 0 aliphatic carbocycles. The van der Waals surface area contributed by atoms with Crippen LogP contribution in [0.15, 0.2) is 47.4 Å². The summed E-state index contributed by atoms with van der Waals surface area (Å²) in [6, 6.07) is 8.99. The molecule has 0 atom stereocenters. The largest absolute Gasteiger partial charge is 0.397 e. The predicted octanol–water partition coefficient (Wildman–Crippen LogP) is 2.63. The van der Waals surface area contributed by atoms with E-state index in [2.05, 4.69) is 4.72 Å². The van der Waals surface area contributed by atoms with Crippen molar-refractivity contribution < 1.29 is 13.3 Å². The van der Waals surface area contributed by atoms with Gasteiger partial charge in [-0.2, -0.15) is 0 Å². The third-order valence-corrected chi connectivity index (χ3v) is 4.25. The van der Waals surface area contributed by atoms with E-state index < -0.39 is 14.9 Å². The van der Waals surface area contributed by atoms with E-state index in [9.17, 15) is 18.5 Å². The third kappa shape index (κ3) is 3.41. The van der Waals surface area contributed by atoms with E-state index in [0.717, 1.165) is 6.07 Å². The first-order valence-corrected chi connectivity index (χ1v) is 7.48. The van der Waals surface area contributed by atoms with Gasteiger partial charge in [-0.3, -0.25) is 14.8 Å². The van der Waals surface area contributed by atoms with Gasteiger partial charge < -0.3 is 5.73 Å². The van der Waals surface area contributed by atoms with E-state index in [1.165, 1.54) is 36.4 Å². The molecule has 3 N–H and O–H groups in total. The van der Waals surface area contributed by atoms with Crippen molar-refractivity contribution in [2.75, 3.05) is 10.5 Å². The molecule has 0 saturated carbocycles. The number of hydrogen-bond donors (Lipinski definition) is 2. The predicted molar refractivity (Wildman–Crippen MR) is 79.8 cm³/mol. The number of nitrogens with one attached hydrogen (secondary N) is 1. The molecule has 2 aromatic carbocycles. The van der Waals surface area contributed by atoms with Crippen LogP contribution >= 0.6 is 11.6 Å². The van der Waals surface area contributed by atoms with Crippen LogP contribution in [0.4, 0.5) is 17.1 Å². The topological polar surface area (TPSA) is 115 Å². The molecule has 0 aliphatic heterocycles. The third-order valence-electron chi connectivity index (χ3n) is 2.62. The Kier molecular flexibility index (Phi) is 4.01. The van der Waals surface area contributed by atoms with Crippen molar-refractivity contribution in [3.05, 3.63) is 57.6 Å². The van der Waals surface area contributed by atoms with Gasteiger partial charge >= 0.3 is 0 Å². The second-order valence-corrected chi connectivity index (χ2v) is 6.21. The van der Waals surface area contributed by atoms with Crippen molar-refractivity contribution in [1.29, 1.82) is 0 Å². The second-order valence-electron chi connectivity index (χ2n) is 4.09. The van der Waals surface area contributed by atoms with Crippen LogP contribution in [0.5, 0.6) is 0 Å². The minimum atomic E-state index is -3.91. The molecular weight excluding hydrogens is 318 g/mol. The van der Waals surface area contributed by atoms with Crippen LogP contribution in [0, 0.1) is 10.1 Å². The number of nitrogens with two attached hydrogens (primary N) is 1. The number of nitrogen functional groups attached to an aromatic ring is 1. The zero-order chi connectivity index (χ0) is 15.6. The second kappa shape index (κ2) is 5.58. The molecule has 0 unspecified atom stereocenters. The quantitative estimate of drug-likeness (QED) is 0.508. The molecule has 0 bridgehead atoms. The van der Waals surface area contributed by atoms with Crippen LogP contribution in [-0.4, -0.2) is 13.3 Å². The zero-order valence-corrected chi connectivity index (χ0v) is 12.1. The number of rotatable bonds is 4. The fourth-order valence-corrected chi connectivity index (χ4v) is 2.77. The van der Waals surface area contributed by atoms with Gasteiger partial charge in [-0.05, 0) is 30.3 Å². The fourth-order valence-electron chi connectivity index (χ4n) is 1.56. The molecule has 21 heavy (non-hydrogen) atoms. The van der Waals surface area contributed by atoms with E-state index >= 15 is 0 Å². The van der Waals surface area contributed by atoms with Gasteiger partial charge in [-0.15, -0.1) is 0 Å². The minimum absolute atomic E-state index is 0.0298. The summed E-state index contributed by atoms with van der Waals surface area (Å²) in [5, 5.41) is 11.1. The van der Waals surface area contributed by atoms with E-state index in [4.69, 9.17) is 17.3 Å². The van der Waals surface area contributed by atoms with Crippen molar-refractivity contribution in [3.63, 3.8) is 0 Å². The molecule has 0 fully saturated rings. The summed E-state index contributed by atoms with van der Waals surface area (Å²) in [5.41, 5.74) is 5.39. The lowest BCUT2D eigenvalue weighted by atomic mass is 10.2. The van der Waals surface area contributed by atoms with Gasteiger partial charge in [0.05, 0.1) is 21.2 Å². The van der Waals surface area contributed by atoms with Crippen molar-refractivity contribution >= 4 is 38.7 Å². The first-order chi connectivity index (χ1) is 9.79. The highest BCUT2D eigenvalue weighted by Crippen LogP contribution is 2.27. The maximum Gasteiger partial charge on any atom is 0.271 e. The molecule has 0 aromatic heterocycles. The van der Waals surface area contributed by atoms with Gasteiger partial charge in [0.1, 0.15) is 0 Å². The zero-order valence-electron chi connectivity index (χ0n) is 10.5. The summed E-state index contributed by atoms with van der Waals surface area (Å²) >= 11 is 5.69. The standard InChI is InChI=1S/C12H10ClN3O4S/c13-8-1-4-10(5-2-8)21(19,20)15-12-7-9(16(17)18)3-6-11(12)14/h1-7,15H,14H2. The molecule has 0 heterocycles. The number of nitrogens with zero attached hydrogens (tertiary/aromatic N) is 1. The first kappa shape index (κ1) is 15.1. The molecule has 0 radical (unpaired) electrons. The molecule has 2 rings (SSSR count). The number of nitro benzene ring substituents is 1. The number of non-ortho nitro benzene ring substituents is 1. The monoisotopic (exact) mass is 327 g/mol. The number of anilines is 2. The maximum atomic E-state index is 12.2. The van der Waals surface area contributed by atoms with Crippen molar-refractivity contribution in [1.82, 2.24) is 0 Å². The highest BCUT2D eigenvalue weighted by Gasteiger charge is 2.17. The Balaban J connectivity index is 2.38. The van der Waals surface area contributed by atoms with Crippen LogP contribution in [0.25, 0.3) is 0 Å². The molecule has 2 aromatic rings. The summed E-state index contributed by atoms with van der Waals surface area (Å²) in [6.07, 6.45) is 0. The molecule has 110 valence electrons. The molecule has 7 nitrogen and oxygen atoms in total. The molecule has 0 aliphatic rings. The van der Waals surface area contributed by atoms with Gasteiger partial charge in [-0.25, -0.2) is 8.42 Å². The summed E-state index contributed by atoms with van der Waals surface area (Å²) < 4.78 is 26.6. The lowest BCUT2D eigenvalue weighted by Gasteiger charge is -2.10. The Bertz CT molecular complexity index is 791. The molecule has 0 spiro atoms. The lowest BCUT2D eigenvalue weighted by Crippen LogP contribution is -2.14. The SMILES string of the molecule is Nc1ccc([N+](=O)[O-])cc1NS(=O)(=O)c1ccc(Cl)cc1. The Hall–Kier alpha value is -2.32. The Morgan fingerprint density at radius 2 is 1.76 bits per heavy atom. The van der Waals surface area contributed by atoms with Crippen LogP contribution in [0.2, 0.25) is 5.02 Å². The van der Waals surface area contributed by atoms with Crippen molar-refractivity contribution in [2.45, 2.75) is 4.90 Å². The highest BCUT2D eigenvalue weighted by molar-refractivity contribution is 7.92. The number of benzene rings is 2. The van der Waals surface area contributed by atoms with Crippen LogP contribution in [0.3, 0.4) is 0 Å². The Morgan fingerprint density at radius 3 is 2.33 bits per heavy atom. The van der Waals surface area contributed by atoms with Gasteiger partial charge in [0.2, 0.25) is 0 Å². The lowest BCUT2D eigenvalue weighted by molar-refractivity contribution is -0.384. The highest BCUT2D eigenvalue weighted by atomic mass is 35.5. The average Bonchev–Trinajstić information content (AvgIpc) is 2.41. The summed E-state index contributed by atoms with van der Waals surface area (Å²) in [6.45, 7) is 0.